The van der Waals surface area contributed by atoms with Gasteiger partial charge in [-0.3, -0.25) is 19.8 Å². The van der Waals surface area contributed by atoms with Crippen LogP contribution in [-0.4, -0.2) is 52.8 Å². The summed E-state index contributed by atoms with van der Waals surface area (Å²) < 4.78 is 0. The number of hydrogen-bond acceptors (Lipinski definition) is 4. The second-order valence-corrected chi connectivity index (χ2v) is 6.42. The van der Waals surface area contributed by atoms with Crippen LogP contribution < -0.4 is 11.1 Å². The Kier molecular flexibility index (Phi) is 5.56. The quantitative estimate of drug-likeness (QED) is 0.829. The number of hydrogen-bond donors (Lipinski definition) is 2. The molecule has 24 heavy (non-hydrogen) atoms. The first-order chi connectivity index (χ1) is 11.3. The normalized spacial score (nSPS) is 17.6. The van der Waals surface area contributed by atoms with E-state index in [0.717, 1.165) is 5.56 Å². The summed E-state index contributed by atoms with van der Waals surface area (Å²) in [6.45, 7) is 5.98. The number of nitrogens with zero attached hydrogens (tertiary/aromatic N) is 2. The highest BCUT2D eigenvalue weighted by Gasteiger charge is 2.41. The molecule has 0 spiro atoms. The predicted molar refractivity (Wildman–Crippen MR) is 89.9 cm³/mol. The minimum Gasteiger partial charge on any atom is -0.351 e. The van der Waals surface area contributed by atoms with E-state index in [2.05, 4.69) is 0 Å². The number of piperazine rings is 1. The fourth-order valence-corrected chi connectivity index (χ4v) is 2.93. The molecule has 1 saturated heterocycles. The average Bonchev–Trinajstić information content (AvgIpc) is 2.51. The smallest absolute Gasteiger partial charge is 0.318 e. The SMILES string of the molecule is CC1(C)C(=O)N(Cc2ccccc2)CCN1CCC(=O)NC(N)=O. The maximum atomic E-state index is 12.8. The molecule has 1 aromatic rings. The third-order valence-corrected chi connectivity index (χ3v) is 4.33. The summed E-state index contributed by atoms with van der Waals surface area (Å²) in [5.41, 5.74) is 5.32. The monoisotopic (exact) mass is 332 g/mol. The van der Waals surface area contributed by atoms with Gasteiger partial charge in [0.05, 0.1) is 5.54 Å². The molecule has 130 valence electrons. The van der Waals surface area contributed by atoms with Crippen molar-refractivity contribution in [1.82, 2.24) is 15.1 Å². The minimum atomic E-state index is -0.858. The van der Waals surface area contributed by atoms with Crippen LogP contribution in [0, 0.1) is 0 Å². The Morgan fingerprint density at radius 2 is 1.88 bits per heavy atom. The first kappa shape index (κ1) is 17.9. The molecule has 7 nitrogen and oxygen atoms in total. The van der Waals surface area contributed by atoms with E-state index in [0.29, 0.717) is 26.2 Å². The summed E-state index contributed by atoms with van der Waals surface area (Å²) in [6.07, 6.45) is 0.123. The van der Waals surface area contributed by atoms with Gasteiger partial charge in [-0.25, -0.2) is 4.79 Å². The third-order valence-electron chi connectivity index (χ3n) is 4.33. The van der Waals surface area contributed by atoms with E-state index in [1.165, 1.54) is 0 Å². The summed E-state index contributed by atoms with van der Waals surface area (Å²) in [5, 5.41) is 2.04. The molecule has 2 rings (SSSR count). The van der Waals surface area contributed by atoms with Crippen molar-refractivity contribution in [2.75, 3.05) is 19.6 Å². The summed E-state index contributed by atoms with van der Waals surface area (Å²) in [4.78, 5) is 38.8. The Balaban J connectivity index is 1.95. The van der Waals surface area contributed by atoms with E-state index in [9.17, 15) is 14.4 Å². The van der Waals surface area contributed by atoms with Crippen LogP contribution in [0.25, 0.3) is 0 Å². The maximum Gasteiger partial charge on any atom is 0.318 e. The lowest BCUT2D eigenvalue weighted by molar-refractivity contribution is -0.150. The number of benzene rings is 1. The number of imide groups is 1. The van der Waals surface area contributed by atoms with Gasteiger partial charge in [0.25, 0.3) is 0 Å². The van der Waals surface area contributed by atoms with Gasteiger partial charge in [0.2, 0.25) is 11.8 Å². The molecule has 1 aromatic carbocycles. The number of amides is 4. The molecular weight excluding hydrogens is 308 g/mol. The predicted octanol–water partition coefficient (Wildman–Crippen LogP) is 0.694. The number of carbonyl (C=O) groups excluding carboxylic acids is 3. The maximum absolute atomic E-state index is 12.8. The second kappa shape index (κ2) is 7.44. The van der Waals surface area contributed by atoms with Crippen molar-refractivity contribution in [3.63, 3.8) is 0 Å². The van der Waals surface area contributed by atoms with Crippen LogP contribution in [0.4, 0.5) is 4.79 Å². The molecule has 0 unspecified atom stereocenters. The molecular formula is C17H24N4O3. The van der Waals surface area contributed by atoms with Crippen LogP contribution in [0.3, 0.4) is 0 Å². The molecule has 7 heteroatoms. The zero-order chi connectivity index (χ0) is 17.7. The Morgan fingerprint density at radius 1 is 1.21 bits per heavy atom. The molecule has 1 heterocycles. The van der Waals surface area contributed by atoms with E-state index in [1.54, 1.807) is 0 Å². The van der Waals surface area contributed by atoms with Crippen LogP contribution in [0.15, 0.2) is 30.3 Å². The molecule has 0 bridgehead atoms. The molecule has 0 aromatic heterocycles. The molecule has 0 aliphatic carbocycles. The fourth-order valence-electron chi connectivity index (χ4n) is 2.93. The van der Waals surface area contributed by atoms with Gasteiger partial charge in [0.1, 0.15) is 0 Å². The van der Waals surface area contributed by atoms with Gasteiger partial charge in [-0.15, -0.1) is 0 Å². The Hall–Kier alpha value is -2.41. The van der Waals surface area contributed by atoms with Gasteiger partial charge in [-0.2, -0.15) is 0 Å². The van der Waals surface area contributed by atoms with Gasteiger partial charge >= 0.3 is 6.03 Å². The van der Waals surface area contributed by atoms with Crippen LogP contribution in [-0.2, 0) is 16.1 Å². The molecule has 1 aliphatic rings. The Bertz CT molecular complexity index is 616. The van der Waals surface area contributed by atoms with Crippen molar-refractivity contribution in [3.8, 4) is 0 Å². The summed E-state index contributed by atoms with van der Waals surface area (Å²) >= 11 is 0. The highest BCUT2D eigenvalue weighted by Crippen LogP contribution is 2.24. The van der Waals surface area contributed by atoms with E-state index in [1.807, 2.05) is 59.3 Å². The number of nitrogens with one attached hydrogen (secondary N) is 1. The molecule has 0 radical (unpaired) electrons. The standard InChI is InChI=1S/C17H24N4O3/c1-17(2)15(23)20(12-13-6-4-3-5-7-13)10-11-21(17)9-8-14(22)19-16(18)24/h3-7H,8-12H2,1-2H3,(H3,18,19,22,24). The van der Waals surface area contributed by atoms with Crippen molar-refractivity contribution >= 4 is 17.8 Å². The van der Waals surface area contributed by atoms with Gasteiger partial charge < -0.3 is 10.6 Å². The number of primary amides is 1. The highest BCUT2D eigenvalue weighted by molar-refractivity contribution is 5.93. The van der Waals surface area contributed by atoms with Gasteiger partial charge in [-0.05, 0) is 19.4 Å². The van der Waals surface area contributed by atoms with Crippen LogP contribution in [0.1, 0.15) is 25.8 Å². The molecule has 0 atom stereocenters. The lowest BCUT2D eigenvalue weighted by atomic mass is 9.96. The number of rotatable bonds is 5. The number of urea groups is 1. The first-order valence-electron chi connectivity index (χ1n) is 7.98. The second-order valence-electron chi connectivity index (χ2n) is 6.42. The summed E-state index contributed by atoms with van der Waals surface area (Å²) in [5.74, 6) is -0.398. The van der Waals surface area contributed by atoms with Gasteiger partial charge in [0, 0.05) is 32.6 Å². The van der Waals surface area contributed by atoms with Crippen LogP contribution in [0.2, 0.25) is 0 Å². The molecule has 1 aliphatic heterocycles. The fraction of sp³-hybridized carbons (Fsp3) is 0.471. The van der Waals surface area contributed by atoms with Gasteiger partial charge in [-0.1, -0.05) is 30.3 Å². The van der Waals surface area contributed by atoms with Crippen molar-refractivity contribution in [3.05, 3.63) is 35.9 Å². The van der Waals surface area contributed by atoms with E-state index in [-0.39, 0.29) is 12.3 Å². The number of carbonyl (C=O) groups is 3. The molecule has 4 amide bonds. The summed E-state index contributed by atoms with van der Waals surface area (Å²) in [6, 6.07) is 9.01. The van der Waals surface area contributed by atoms with E-state index >= 15 is 0 Å². The Labute approximate surface area is 141 Å². The average molecular weight is 332 g/mol. The zero-order valence-electron chi connectivity index (χ0n) is 14.1. The van der Waals surface area contributed by atoms with Crippen molar-refractivity contribution < 1.29 is 14.4 Å². The van der Waals surface area contributed by atoms with Crippen molar-refractivity contribution in [1.29, 1.82) is 0 Å². The van der Waals surface area contributed by atoms with Gasteiger partial charge in [0.15, 0.2) is 0 Å². The summed E-state index contributed by atoms with van der Waals surface area (Å²) in [7, 11) is 0. The topological polar surface area (TPSA) is 95.7 Å². The highest BCUT2D eigenvalue weighted by atomic mass is 16.2. The Morgan fingerprint density at radius 3 is 2.50 bits per heavy atom. The first-order valence-corrected chi connectivity index (χ1v) is 7.98. The molecule has 1 fully saturated rings. The molecule has 0 saturated carbocycles. The lowest BCUT2D eigenvalue weighted by Crippen LogP contribution is -2.63. The van der Waals surface area contributed by atoms with E-state index < -0.39 is 17.5 Å². The lowest BCUT2D eigenvalue weighted by Gasteiger charge is -2.46. The van der Waals surface area contributed by atoms with E-state index in [4.69, 9.17) is 5.73 Å². The minimum absolute atomic E-state index is 0.0351. The molecule has 3 N–H and O–H groups in total. The zero-order valence-corrected chi connectivity index (χ0v) is 14.1. The third kappa shape index (κ3) is 4.32. The largest absolute Gasteiger partial charge is 0.351 e. The van der Waals surface area contributed by atoms with Crippen molar-refractivity contribution in [2.45, 2.75) is 32.4 Å². The van der Waals surface area contributed by atoms with Crippen LogP contribution >= 0.6 is 0 Å². The van der Waals surface area contributed by atoms with Crippen LogP contribution in [0.5, 0.6) is 0 Å². The number of nitrogens with two attached hydrogens (primary N) is 1. The van der Waals surface area contributed by atoms with Crippen molar-refractivity contribution in [2.24, 2.45) is 5.73 Å².